The Morgan fingerprint density at radius 3 is 2.23 bits per heavy atom. The predicted molar refractivity (Wildman–Crippen MR) is 119 cm³/mol. The molecule has 0 saturated heterocycles. The van der Waals surface area contributed by atoms with Crippen molar-refractivity contribution in [3.63, 3.8) is 0 Å². The summed E-state index contributed by atoms with van der Waals surface area (Å²) in [5, 5.41) is 13.2. The minimum Gasteiger partial charge on any atom is -0.497 e. The van der Waals surface area contributed by atoms with Crippen LogP contribution in [0, 0.1) is 0 Å². The van der Waals surface area contributed by atoms with Crippen molar-refractivity contribution < 1.29 is 9.84 Å². The normalized spacial score (nSPS) is 13.5. The highest BCUT2D eigenvalue weighted by Crippen LogP contribution is 2.20. The number of nitrogens with two attached hydrogens (primary N) is 1. The van der Waals surface area contributed by atoms with Gasteiger partial charge in [-0.25, -0.2) is 0 Å². The topological polar surface area (TPSA) is 79.9 Å². The Hall–Kier alpha value is -1.80. The molecule has 142 valence electrons. The van der Waals surface area contributed by atoms with Crippen molar-refractivity contribution in [1.29, 1.82) is 0 Å². The molecule has 0 radical (unpaired) electrons. The number of nitrogens with one attached hydrogen (secondary N) is 1. The van der Waals surface area contributed by atoms with Crippen LogP contribution in [-0.4, -0.2) is 24.7 Å². The van der Waals surface area contributed by atoms with E-state index in [9.17, 15) is 5.11 Å². The molecule has 0 aromatic heterocycles. The number of halogens is 1. The van der Waals surface area contributed by atoms with E-state index in [1.165, 1.54) is 5.56 Å². The number of anilines is 1. The summed E-state index contributed by atoms with van der Waals surface area (Å²) < 4.78 is 5.10. The molecule has 2 atom stereocenters. The predicted octanol–water partition coefficient (Wildman–Crippen LogP) is 4.29. The molecule has 2 aromatic rings. The molecule has 26 heavy (non-hydrogen) atoms. The van der Waals surface area contributed by atoms with E-state index < -0.39 is 6.10 Å². The second-order valence-electron chi connectivity index (χ2n) is 6.07. The molecular weight excluding hydrogens is 441 g/mol. The van der Waals surface area contributed by atoms with E-state index in [0.29, 0.717) is 5.92 Å². The van der Waals surface area contributed by atoms with Gasteiger partial charge in [0.25, 0.3) is 0 Å². The molecule has 5 nitrogen and oxygen atoms in total. The maximum Gasteiger partial charge on any atom is 0.193 e. The van der Waals surface area contributed by atoms with Gasteiger partial charge in [0, 0.05) is 5.69 Å². The highest BCUT2D eigenvalue weighted by atomic mass is 127. The van der Waals surface area contributed by atoms with Gasteiger partial charge in [-0.1, -0.05) is 38.1 Å². The number of benzene rings is 2. The molecule has 0 amide bonds. The van der Waals surface area contributed by atoms with Gasteiger partial charge in [0.05, 0.1) is 19.8 Å². The van der Waals surface area contributed by atoms with Gasteiger partial charge in [-0.15, -0.1) is 24.0 Å². The molecule has 0 saturated carbocycles. The maximum atomic E-state index is 10.2. The number of methoxy groups -OCH3 is 1. The number of hydrogen-bond donors (Lipinski definition) is 3. The van der Waals surface area contributed by atoms with Crippen LogP contribution >= 0.6 is 24.0 Å². The third-order valence-corrected chi connectivity index (χ3v) is 4.30. The first-order valence-electron chi connectivity index (χ1n) is 8.52. The molecular formula is C20H28IN3O2. The minimum absolute atomic E-state index is 0. The van der Waals surface area contributed by atoms with Crippen LogP contribution in [0.5, 0.6) is 5.75 Å². The number of hydrogen-bond acceptors (Lipinski definition) is 3. The van der Waals surface area contributed by atoms with E-state index in [1.807, 2.05) is 36.4 Å². The molecule has 0 aliphatic heterocycles. The van der Waals surface area contributed by atoms with Crippen molar-refractivity contribution in [1.82, 2.24) is 0 Å². The number of guanidine groups is 1. The third-order valence-electron chi connectivity index (χ3n) is 4.30. The Morgan fingerprint density at radius 2 is 1.69 bits per heavy atom. The largest absolute Gasteiger partial charge is 0.497 e. The Bertz CT molecular complexity index is 687. The van der Waals surface area contributed by atoms with Gasteiger partial charge in [0.15, 0.2) is 5.96 Å². The van der Waals surface area contributed by atoms with Crippen LogP contribution in [-0.2, 0) is 0 Å². The lowest BCUT2D eigenvalue weighted by molar-refractivity contribution is 0.187. The van der Waals surface area contributed by atoms with E-state index in [0.717, 1.165) is 23.4 Å². The Balaban J connectivity index is 0.00000338. The number of ether oxygens (including phenoxy) is 1. The molecule has 0 fully saturated rings. The number of rotatable bonds is 7. The third kappa shape index (κ3) is 6.49. The molecule has 6 heteroatoms. The molecule has 2 unspecified atom stereocenters. The lowest BCUT2D eigenvalue weighted by atomic mass is 9.99. The second kappa shape index (κ2) is 11.0. The van der Waals surface area contributed by atoms with Crippen LogP contribution in [0.25, 0.3) is 0 Å². The quantitative estimate of drug-likeness (QED) is 0.321. The fraction of sp³-hybridized carbons (Fsp3) is 0.350. The molecule has 0 heterocycles. The van der Waals surface area contributed by atoms with Crippen LogP contribution in [0.3, 0.4) is 0 Å². The van der Waals surface area contributed by atoms with Gasteiger partial charge in [0.1, 0.15) is 5.75 Å². The highest BCUT2D eigenvalue weighted by Gasteiger charge is 2.07. The number of aliphatic hydroxyl groups is 1. The van der Waals surface area contributed by atoms with Crippen LogP contribution in [0.2, 0.25) is 0 Å². The number of aliphatic hydroxyl groups excluding tert-OH is 1. The van der Waals surface area contributed by atoms with Crippen molar-refractivity contribution in [2.75, 3.05) is 19.0 Å². The first-order valence-corrected chi connectivity index (χ1v) is 8.52. The summed E-state index contributed by atoms with van der Waals surface area (Å²) in [6, 6.07) is 15.4. The first-order chi connectivity index (χ1) is 12.0. The SMILES string of the molecule is CCC(C)c1ccc(NC(N)=NCC(O)c2ccc(OC)cc2)cc1.I. The van der Waals surface area contributed by atoms with Gasteiger partial charge >= 0.3 is 0 Å². The van der Waals surface area contributed by atoms with E-state index in [-0.39, 0.29) is 36.5 Å². The number of aliphatic imine (C=N–C) groups is 1. The highest BCUT2D eigenvalue weighted by molar-refractivity contribution is 14.0. The van der Waals surface area contributed by atoms with Crippen LogP contribution in [0.4, 0.5) is 5.69 Å². The van der Waals surface area contributed by atoms with Crippen LogP contribution in [0.15, 0.2) is 53.5 Å². The number of nitrogens with zero attached hydrogens (tertiary/aromatic N) is 1. The summed E-state index contributed by atoms with van der Waals surface area (Å²) in [5.74, 6) is 1.57. The summed E-state index contributed by atoms with van der Waals surface area (Å²) in [4.78, 5) is 4.21. The lowest BCUT2D eigenvalue weighted by Gasteiger charge is -2.12. The minimum atomic E-state index is -0.709. The van der Waals surface area contributed by atoms with E-state index >= 15 is 0 Å². The molecule has 0 bridgehead atoms. The Morgan fingerprint density at radius 1 is 1.12 bits per heavy atom. The molecule has 0 aliphatic rings. The van der Waals surface area contributed by atoms with Gasteiger partial charge in [-0.05, 0) is 47.7 Å². The standard InChI is InChI=1S/C20H27N3O2.HI/c1-4-14(2)15-5-9-17(10-6-15)23-20(21)22-13-19(24)16-7-11-18(25-3)12-8-16;/h5-12,14,19,24H,4,13H2,1-3H3,(H3,21,22,23);1H. The van der Waals surface area contributed by atoms with E-state index in [1.54, 1.807) is 7.11 Å². The summed E-state index contributed by atoms with van der Waals surface area (Å²) in [6.45, 7) is 4.57. The van der Waals surface area contributed by atoms with Crippen LogP contribution in [0.1, 0.15) is 43.4 Å². The average molecular weight is 469 g/mol. The molecule has 4 N–H and O–H groups in total. The van der Waals surface area contributed by atoms with Crippen LogP contribution < -0.4 is 15.8 Å². The first kappa shape index (κ1) is 22.2. The maximum absolute atomic E-state index is 10.2. The summed E-state index contributed by atoms with van der Waals surface area (Å²) in [7, 11) is 1.61. The van der Waals surface area contributed by atoms with Gasteiger partial charge < -0.3 is 20.9 Å². The van der Waals surface area contributed by atoms with E-state index in [2.05, 4.69) is 36.3 Å². The second-order valence-corrected chi connectivity index (χ2v) is 6.07. The average Bonchev–Trinajstić information content (AvgIpc) is 2.66. The molecule has 0 spiro atoms. The fourth-order valence-corrected chi connectivity index (χ4v) is 2.43. The van der Waals surface area contributed by atoms with Gasteiger partial charge in [0.2, 0.25) is 0 Å². The molecule has 2 aromatic carbocycles. The molecule has 2 rings (SSSR count). The Kier molecular flexibility index (Phi) is 9.43. The zero-order valence-electron chi connectivity index (χ0n) is 15.5. The van der Waals surface area contributed by atoms with Gasteiger partial charge in [-0.3, -0.25) is 4.99 Å². The van der Waals surface area contributed by atoms with Crippen molar-refractivity contribution in [3.05, 3.63) is 59.7 Å². The monoisotopic (exact) mass is 469 g/mol. The molecule has 0 aliphatic carbocycles. The van der Waals surface area contributed by atoms with Crippen molar-refractivity contribution >= 4 is 35.6 Å². The summed E-state index contributed by atoms with van der Waals surface area (Å²) in [6.07, 6.45) is 0.402. The zero-order chi connectivity index (χ0) is 18.2. The van der Waals surface area contributed by atoms with E-state index in [4.69, 9.17) is 10.5 Å². The smallest absolute Gasteiger partial charge is 0.193 e. The van der Waals surface area contributed by atoms with Crippen molar-refractivity contribution in [2.45, 2.75) is 32.3 Å². The van der Waals surface area contributed by atoms with Crippen molar-refractivity contribution in [3.8, 4) is 5.75 Å². The summed E-state index contributed by atoms with van der Waals surface area (Å²) >= 11 is 0. The summed E-state index contributed by atoms with van der Waals surface area (Å²) in [5.41, 5.74) is 8.87. The van der Waals surface area contributed by atoms with Gasteiger partial charge in [-0.2, -0.15) is 0 Å². The zero-order valence-corrected chi connectivity index (χ0v) is 17.8. The van der Waals surface area contributed by atoms with Crippen molar-refractivity contribution in [2.24, 2.45) is 10.7 Å². The Labute approximate surface area is 172 Å². The lowest BCUT2D eigenvalue weighted by Crippen LogP contribution is -2.23. The fourth-order valence-electron chi connectivity index (χ4n) is 2.43.